The van der Waals surface area contributed by atoms with E-state index in [9.17, 15) is 14.4 Å². The van der Waals surface area contributed by atoms with Crippen molar-refractivity contribution in [1.82, 2.24) is 25.0 Å². The summed E-state index contributed by atoms with van der Waals surface area (Å²) >= 11 is 0. The standard InChI is InChI=1S/C26H27N5O3/c1-15(32)24-18-8-9-27-13-22(18)30(29-24)14-23(33)31-20-10-17(20)11-21(31)25(34)28-26(2)12-19(26)16-6-4-3-5-7-16/h3-9,13,17,19-21H,10-12,14H2,1-2H3,(H,28,34)/t17-,19+,20-,21+,26-/m1/s1. The number of piperidine rings is 1. The monoisotopic (exact) mass is 457 g/mol. The highest BCUT2D eigenvalue weighted by Gasteiger charge is 2.58. The molecule has 5 atom stereocenters. The zero-order valence-corrected chi connectivity index (χ0v) is 19.3. The van der Waals surface area contributed by atoms with E-state index in [2.05, 4.69) is 34.5 Å². The van der Waals surface area contributed by atoms with Gasteiger partial charge in [0.05, 0.1) is 11.7 Å². The molecule has 2 aromatic heterocycles. The highest BCUT2D eigenvalue weighted by molar-refractivity contribution is 6.04. The van der Waals surface area contributed by atoms with Crippen molar-refractivity contribution < 1.29 is 14.4 Å². The summed E-state index contributed by atoms with van der Waals surface area (Å²) in [6.07, 6.45) is 5.78. The summed E-state index contributed by atoms with van der Waals surface area (Å²) in [6, 6.07) is 11.6. The van der Waals surface area contributed by atoms with E-state index < -0.39 is 6.04 Å². The number of nitrogens with one attached hydrogen (secondary N) is 1. The van der Waals surface area contributed by atoms with Crippen molar-refractivity contribution in [3.05, 3.63) is 60.0 Å². The third-order valence-corrected chi connectivity index (χ3v) is 7.72. The lowest BCUT2D eigenvalue weighted by molar-refractivity contribution is -0.140. The summed E-state index contributed by atoms with van der Waals surface area (Å²) in [4.78, 5) is 44.7. The van der Waals surface area contributed by atoms with Crippen LogP contribution in [0.1, 0.15) is 55.1 Å². The number of aromatic nitrogens is 3. The number of nitrogens with zero attached hydrogens (tertiary/aromatic N) is 4. The molecule has 2 aliphatic carbocycles. The molecule has 3 aromatic rings. The van der Waals surface area contributed by atoms with Crippen molar-refractivity contribution in [2.45, 2.75) is 63.2 Å². The minimum absolute atomic E-state index is 0.0214. The van der Waals surface area contributed by atoms with Crippen molar-refractivity contribution >= 4 is 28.5 Å². The van der Waals surface area contributed by atoms with Gasteiger partial charge in [0.1, 0.15) is 18.3 Å². The largest absolute Gasteiger partial charge is 0.349 e. The summed E-state index contributed by atoms with van der Waals surface area (Å²) < 4.78 is 1.54. The first kappa shape index (κ1) is 21.0. The molecule has 0 spiro atoms. The summed E-state index contributed by atoms with van der Waals surface area (Å²) in [5.74, 6) is 0.312. The van der Waals surface area contributed by atoms with Gasteiger partial charge in [0.2, 0.25) is 11.8 Å². The molecule has 1 aliphatic heterocycles. The van der Waals surface area contributed by atoms with E-state index in [1.165, 1.54) is 12.5 Å². The van der Waals surface area contributed by atoms with Gasteiger partial charge in [-0.3, -0.25) is 24.0 Å². The predicted molar refractivity (Wildman–Crippen MR) is 125 cm³/mol. The smallest absolute Gasteiger partial charge is 0.245 e. The van der Waals surface area contributed by atoms with E-state index in [4.69, 9.17) is 0 Å². The molecule has 8 nitrogen and oxygen atoms in total. The van der Waals surface area contributed by atoms with Crippen molar-refractivity contribution in [2.24, 2.45) is 5.92 Å². The van der Waals surface area contributed by atoms with E-state index >= 15 is 0 Å². The van der Waals surface area contributed by atoms with Crippen LogP contribution < -0.4 is 5.32 Å². The Balaban J connectivity index is 1.19. The molecule has 0 bridgehead atoms. The van der Waals surface area contributed by atoms with Crippen molar-refractivity contribution in [1.29, 1.82) is 0 Å². The van der Waals surface area contributed by atoms with Crippen LogP contribution in [0.3, 0.4) is 0 Å². The molecule has 0 unspecified atom stereocenters. The van der Waals surface area contributed by atoms with Crippen molar-refractivity contribution in [3.63, 3.8) is 0 Å². The van der Waals surface area contributed by atoms with Crippen LogP contribution in [0, 0.1) is 5.92 Å². The van der Waals surface area contributed by atoms with E-state index in [-0.39, 0.29) is 35.7 Å². The Bertz CT molecular complexity index is 1320. The lowest BCUT2D eigenvalue weighted by Gasteiger charge is -2.28. The molecule has 1 saturated heterocycles. The summed E-state index contributed by atoms with van der Waals surface area (Å²) in [5.41, 5.74) is 1.93. The molecule has 8 heteroatoms. The normalized spacial score (nSPS) is 29.1. The molecule has 2 saturated carbocycles. The van der Waals surface area contributed by atoms with E-state index in [1.54, 1.807) is 28.0 Å². The van der Waals surface area contributed by atoms with Crippen LogP contribution in [0.4, 0.5) is 0 Å². The minimum Gasteiger partial charge on any atom is -0.349 e. The Labute approximate surface area is 197 Å². The van der Waals surface area contributed by atoms with Gasteiger partial charge >= 0.3 is 0 Å². The average Bonchev–Trinajstić information content (AvgIpc) is 3.65. The fourth-order valence-corrected chi connectivity index (χ4v) is 5.70. The fourth-order valence-electron chi connectivity index (χ4n) is 5.70. The van der Waals surface area contributed by atoms with Gasteiger partial charge in [-0.15, -0.1) is 0 Å². The topological polar surface area (TPSA) is 97.2 Å². The zero-order valence-electron chi connectivity index (χ0n) is 19.3. The lowest BCUT2D eigenvalue weighted by atomic mass is 10.1. The predicted octanol–water partition coefficient (Wildman–Crippen LogP) is 2.69. The van der Waals surface area contributed by atoms with Gasteiger partial charge in [0, 0.05) is 36.0 Å². The van der Waals surface area contributed by atoms with Gasteiger partial charge in [0.15, 0.2) is 5.78 Å². The van der Waals surface area contributed by atoms with Gasteiger partial charge in [0.25, 0.3) is 0 Å². The van der Waals surface area contributed by atoms with Crippen LogP contribution >= 0.6 is 0 Å². The number of rotatable bonds is 6. The van der Waals surface area contributed by atoms with Crippen molar-refractivity contribution in [2.75, 3.05) is 0 Å². The van der Waals surface area contributed by atoms with E-state index in [1.807, 2.05) is 18.2 Å². The number of likely N-dealkylation sites (tertiary alicyclic amines) is 1. The Morgan fingerprint density at radius 3 is 2.71 bits per heavy atom. The molecule has 2 amide bonds. The number of hydrogen-bond donors (Lipinski definition) is 1. The number of carbonyl (C=O) groups excluding carboxylic acids is 3. The van der Waals surface area contributed by atoms with Crippen LogP contribution in [0.25, 0.3) is 10.9 Å². The molecule has 3 aliphatic rings. The Morgan fingerprint density at radius 1 is 1.15 bits per heavy atom. The van der Waals surface area contributed by atoms with Gasteiger partial charge in [-0.25, -0.2) is 0 Å². The average molecular weight is 458 g/mol. The SMILES string of the molecule is CC(=O)c1nn(CC(=O)N2[C@@H]3C[C@@H]3C[C@H]2C(=O)N[C@]2(C)C[C@H]2c2ccccc2)c2cnccc12. The van der Waals surface area contributed by atoms with Gasteiger partial charge in [-0.05, 0) is 43.7 Å². The second kappa shape index (κ2) is 7.48. The first-order valence-corrected chi connectivity index (χ1v) is 11.9. The fraction of sp³-hybridized carbons (Fsp3) is 0.423. The maximum Gasteiger partial charge on any atom is 0.245 e. The Kier molecular flexibility index (Phi) is 4.62. The van der Waals surface area contributed by atoms with Crippen LogP contribution in [0.5, 0.6) is 0 Å². The van der Waals surface area contributed by atoms with Gasteiger partial charge in [-0.2, -0.15) is 5.10 Å². The number of carbonyl (C=O) groups is 3. The molecule has 0 radical (unpaired) electrons. The molecule has 3 heterocycles. The Morgan fingerprint density at radius 2 is 1.94 bits per heavy atom. The highest BCUT2D eigenvalue weighted by atomic mass is 16.2. The first-order valence-electron chi connectivity index (χ1n) is 11.9. The molecule has 1 aromatic carbocycles. The second-order valence-electron chi connectivity index (χ2n) is 10.1. The van der Waals surface area contributed by atoms with Crippen LogP contribution in [0.15, 0.2) is 48.8 Å². The molecule has 3 fully saturated rings. The van der Waals surface area contributed by atoms with E-state index in [0.717, 1.165) is 12.8 Å². The highest BCUT2D eigenvalue weighted by Crippen LogP contribution is 2.52. The number of pyridine rings is 1. The van der Waals surface area contributed by atoms with Crippen LogP contribution in [0.2, 0.25) is 0 Å². The first-order chi connectivity index (χ1) is 16.4. The molecule has 6 rings (SSSR count). The number of fused-ring (bicyclic) bond motifs is 2. The number of ketones is 1. The second-order valence-corrected chi connectivity index (χ2v) is 10.1. The summed E-state index contributed by atoms with van der Waals surface area (Å²) in [5, 5.41) is 8.33. The molecular weight excluding hydrogens is 430 g/mol. The Hall–Kier alpha value is -3.55. The number of Topliss-reactive ketones (excluding diaryl/α,β-unsaturated/α-hetero) is 1. The number of benzene rings is 1. The van der Waals surface area contributed by atoms with Crippen LogP contribution in [-0.2, 0) is 16.1 Å². The molecule has 174 valence electrons. The molecule has 1 N–H and O–H groups in total. The maximum absolute atomic E-state index is 13.4. The third kappa shape index (κ3) is 3.40. The van der Waals surface area contributed by atoms with Gasteiger partial charge < -0.3 is 10.2 Å². The minimum atomic E-state index is -0.461. The summed E-state index contributed by atoms with van der Waals surface area (Å²) in [7, 11) is 0. The zero-order chi connectivity index (χ0) is 23.6. The third-order valence-electron chi connectivity index (χ3n) is 7.72. The van der Waals surface area contributed by atoms with Crippen LogP contribution in [-0.4, -0.2) is 54.9 Å². The number of hydrogen-bond acceptors (Lipinski definition) is 5. The number of amides is 2. The summed E-state index contributed by atoms with van der Waals surface area (Å²) in [6.45, 7) is 3.52. The molecular formula is C26H27N5O3. The van der Waals surface area contributed by atoms with Gasteiger partial charge in [-0.1, -0.05) is 30.3 Å². The quantitative estimate of drug-likeness (QED) is 0.574. The van der Waals surface area contributed by atoms with Crippen molar-refractivity contribution in [3.8, 4) is 0 Å². The van der Waals surface area contributed by atoms with E-state index in [0.29, 0.717) is 34.9 Å². The maximum atomic E-state index is 13.4. The molecule has 34 heavy (non-hydrogen) atoms. The lowest BCUT2D eigenvalue weighted by Crippen LogP contribution is -2.51.